The van der Waals surface area contributed by atoms with Gasteiger partial charge in [-0.15, -0.1) is 11.3 Å². The molecule has 0 unspecified atom stereocenters. The molecule has 0 saturated carbocycles. The number of aromatic nitrogens is 1. The maximum absolute atomic E-state index is 12.3. The number of nitrogens with one attached hydrogen (secondary N) is 3. The third-order valence-electron chi connectivity index (χ3n) is 3.85. The van der Waals surface area contributed by atoms with Gasteiger partial charge in [-0.3, -0.25) is 14.9 Å². The molecule has 3 N–H and O–H groups in total. The van der Waals surface area contributed by atoms with Crippen molar-refractivity contribution in [1.29, 1.82) is 0 Å². The predicted molar refractivity (Wildman–Crippen MR) is 112 cm³/mol. The Kier molecular flexibility index (Phi) is 6.37. The quantitative estimate of drug-likeness (QED) is 0.532. The number of nitrogens with zero attached hydrogens (tertiary/aromatic N) is 1. The van der Waals surface area contributed by atoms with Gasteiger partial charge in [-0.2, -0.15) is 0 Å². The van der Waals surface area contributed by atoms with E-state index in [9.17, 15) is 18.0 Å². The number of thiazole rings is 1. The van der Waals surface area contributed by atoms with Gasteiger partial charge in [0.1, 0.15) is 0 Å². The van der Waals surface area contributed by atoms with Gasteiger partial charge in [0.05, 0.1) is 17.0 Å². The van der Waals surface area contributed by atoms with Gasteiger partial charge >= 0.3 is 0 Å². The van der Waals surface area contributed by atoms with Gasteiger partial charge in [-0.1, -0.05) is 24.3 Å². The van der Waals surface area contributed by atoms with Crippen molar-refractivity contribution in [2.45, 2.75) is 11.3 Å². The smallest absolute Gasteiger partial charge is 0.257 e. The standard InChI is InChI=1S/C19H18N4O4S2/c1-20-29(26,27)16-9-5-8-14(10-16)21-17(24)11-15-12-28-19(22-15)23-18(25)13-6-3-2-4-7-13/h2-10,12,20H,11H2,1H3,(H,21,24)(H,22,23,25). The van der Waals surface area contributed by atoms with E-state index in [4.69, 9.17) is 0 Å². The van der Waals surface area contributed by atoms with Crippen LogP contribution in [-0.4, -0.2) is 32.3 Å². The Morgan fingerprint density at radius 1 is 1.03 bits per heavy atom. The Morgan fingerprint density at radius 2 is 1.79 bits per heavy atom. The zero-order chi connectivity index (χ0) is 20.9. The number of carbonyl (C=O) groups excluding carboxylic acids is 2. The van der Waals surface area contributed by atoms with E-state index in [0.717, 1.165) is 0 Å². The molecular formula is C19H18N4O4S2. The molecule has 3 rings (SSSR count). The number of sulfonamides is 1. The molecule has 0 fully saturated rings. The van der Waals surface area contributed by atoms with Gasteiger partial charge < -0.3 is 5.32 Å². The Bertz CT molecular complexity index is 1130. The maximum atomic E-state index is 12.3. The summed E-state index contributed by atoms with van der Waals surface area (Å²) in [7, 11) is -2.28. The molecule has 29 heavy (non-hydrogen) atoms. The lowest BCUT2D eigenvalue weighted by Gasteiger charge is -2.07. The van der Waals surface area contributed by atoms with Crippen molar-refractivity contribution >= 4 is 44.0 Å². The lowest BCUT2D eigenvalue weighted by atomic mass is 10.2. The van der Waals surface area contributed by atoms with Crippen molar-refractivity contribution < 1.29 is 18.0 Å². The first-order chi connectivity index (χ1) is 13.9. The highest BCUT2D eigenvalue weighted by molar-refractivity contribution is 7.89. The van der Waals surface area contributed by atoms with Gasteiger partial charge in [0, 0.05) is 16.6 Å². The van der Waals surface area contributed by atoms with E-state index >= 15 is 0 Å². The highest BCUT2D eigenvalue weighted by atomic mass is 32.2. The molecule has 0 radical (unpaired) electrons. The van der Waals surface area contributed by atoms with Gasteiger partial charge in [-0.25, -0.2) is 18.1 Å². The Labute approximate surface area is 172 Å². The van der Waals surface area contributed by atoms with Crippen LogP contribution in [0.1, 0.15) is 16.1 Å². The van der Waals surface area contributed by atoms with Crippen LogP contribution in [-0.2, 0) is 21.2 Å². The molecule has 0 saturated heterocycles. The van der Waals surface area contributed by atoms with Gasteiger partial charge in [-0.05, 0) is 37.4 Å². The molecule has 3 aromatic rings. The van der Waals surface area contributed by atoms with Crippen molar-refractivity contribution in [2.24, 2.45) is 0 Å². The zero-order valence-electron chi connectivity index (χ0n) is 15.4. The Balaban J connectivity index is 1.61. The van der Waals surface area contributed by atoms with Gasteiger partial charge in [0.2, 0.25) is 15.9 Å². The zero-order valence-corrected chi connectivity index (χ0v) is 17.0. The lowest BCUT2D eigenvalue weighted by molar-refractivity contribution is -0.115. The van der Waals surface area contributed by atoms with Crippen molar-refractivity contribution in [2.75, 3.05) is 17.7 Å². The first-order valence-electron chi connectivity index (χ1n) is 8.51. The molecule has 2 aromatic carbocycles. The van der Waals surface area contributed by atoms with Crippen LogP contribution in [0.2, 0.25) is 0 Å². The molecule has 150 valence electrons. The van der Waals surface area contributed by atoms with Crippen LogP contribution in [0.5, 0.6) is 0 Å². The predicted octanol–water partition coefficient (Wildman–Crippen LogP) is 2.48. The second kappa shape index (κ2) is 8.95. The number of hydrogen-bond acceptors (Lipinski definition) is 6. The van der Waals surface area contributed by atoms with Crippen molar-refractivity contribution in [1.82, 2.24) is 9.71 Å². The molecule has 2 amide bonds. The number of hydrogen-bond donors (Lipinski definition) is 3. The largest absolute Gasteiger partial charge is 0.326 e. The summed E-state index contributed by atoms with van der Waals surface area (Å²) in [6.07, 6.45) is -0.0132. The second-order valence-corrected chi connectivity index (χ2v) is 8.67. The molecule has 0 aliphatic heterocycles. The Morgan fingerprint density at radius 3 is 2.52 bits per heavy atom. The van der Waals surface area contributed by atoms with Crippen LogP contribution in [0.3, 0.4) is 0 Å². The van der Waals surface area contributed by atoms with Crippen LogP contribution in [0.4, 0.5) is 10.8 Å². The topological polar surface area (TPSA) is 117 Å². The average molecular weight is 431 g/mol. The molecule has 10 heteroatoms. The van der Waals surface area contributed by atoms with Crippen LogP contribution in [0, 0.1) is 0 Å². The minimum Gasteiger partial charge on any atom is -0.326 e. The van der Waals surface area contributed by atoms with Crippen LogP contribution >= 0.6 is 11.3 Å². The third kappa shape index (κ3) is 5.47. The van der Waals surface area contributed by atoms with Crippen LogP contribution in [0.15, 0.2) is 64.9 Å². The van der Waals surface area contributed by atoms with E-state index in [1.54, 1.807) is 41.8 Å². The summed E-state index contributed by atoms with van der Waals surface area (Å²) < 4.78 is 25.9. The third-order valence-corrected chi connectivity index (χ3v) is 6.07. The van der Waals surface area contributed by atoms with Gasteiger partial charge in [0.15, 0.2) is 5.13 Å². The fourth-order valence-electron chi connectivity index (χ4n) is 2.43. The second-order valence-electron chi connectivity index (χ2n) is 5.92. The fraction of sp³-hybridized carbons (Fsp3) is 0.105. The van der Waals surface area contributed by atoms with Gasteiger partial charge in [0.25, 0.3) is 5.91 Å². The molecular weight excluding hydrogens is 412 g/mol. The summed E-state index contributed by atoms with van der Waals surface area (Å²) in [5.41, 5.74) is 1.37. The number of benzene rings is 2. The van der Waals surface area contributed by atoms with Crippen molar-refractivity contribution in [3.8, 4) is 0 Å². The summed E-state index contributed by atoms with van der Waals surface area (Å²) in [6, 6.07) is 14.7. The minimum absolute atomic E-state index is 0.0132. The average Bonchev–Trinajstić information content (AvgIpc) is 3.15. The normalized spacial score (nSPS) is 11.1. The van der Waals surface area contributed by atoms with E-state index in [-0.39, 0.29) is 23.1 Å². The van der Waals surface area contributed by atoms with E-state index in [1.165, 1.54) is 30.5 Å². The molecule has 1 aromatic heterocycles. The molecule has 1 heterocycles. The summed E-state index contributed by atoms with van der Waals surface area (Å²) in [6.45, 7) is 0. The number of rotatable bonds is 7. The molecule has 0 spiro atoms. The molecule has 0 aliphatic carbocycles. The summed E-state index contributed by atoms with van der Waals surface area (Å²) in [4.78, 5) is 28.7. The van der Waals surface area contributed by atoms with Crippen LogP contribution < -0.4 is 15.4 Å². The highest BCUT2D eigenvalue weighted by Crippen LogP contribution is 2.18. The molecule has 0 bridgehead atoms. The van der Waals surface area contributed by atoms with E-state index in [0.29, 0.717) is 22.1 Å². The van der Waals surface area contributed by atoms with E-state index in [1.807, 2.05) is 6.07 Å². The fourth-order valence-corrected chi connectivity index (χ4v) is 3.91. The SMILES string of the molecule is CNS(=O)(=O)c1cccc(NC(=O)Cc2csc(NC(=O)c3ccccc3)n2)c1. The molecule has 0 atom stereocenters. The molecule has 0 aliphatic rings. The summed E-state index contributed by atoms with van der Waals surface area (Å²) >= 11 is 1.22. The van der Waals surface area contributed by atoms with E-state index < -0.39 is 10.0 Å². The monoisotopic (exact) mass is 430 g/mol. The van der Waals surface area contributed by atoms with E-state index in [2.05, 4.69) is 20.3 Å². The first-order valence-corrected chi connectivity index (χ1v) is 10.9. The van der Waals surface area contributed by atoms with Crippen LogP contribution in [0.25, 0.3) is 0 Å². The van der Waals surface area contributed by atoms with Crippen molar-refractivity contribution in [3.05, 3.63) is 71.2 Å². The number of amides is 2. The highest BCUT2D eigenvalue weighted by Gasteiger charge is 2.14. The first kappa shape index (κ1) is 20.6. The number of anilines is 2. The number of carbonyl (C=O) groups is 2. The minimum atomic E-state index is -3.60. The summed E-state index contributed by atoms with van der Waals surface area (Å²) in [5.74, 6) is -0.631. The van der Waals surface area contributed by atoms with Crippen molar-refractivity contribution in [3.63, 3.8) is 0 Å². The lowest BCUT2D eigenvalue weighted by Crippen LogP contribution is -2.19. The molecule has 8 nitrogen and oxygen atoms in total. The summed E-state index contributed by atoms with van der Waals surface area (Å²) in [5, 5.41) is 7.42. The maximum Gasteiger partial charge on any atom is 0.257 e. The Hall–Kier alpha value is -3.08.